The third kappa shape index (κ3) is 3.39. The van der Waals surface area contributed by atoms with E-state index in [0.717, 1.165) is 25.8 Å². The number of carboxylic acid groups (broad SMARTS) is 1. The number of aromatic carboxylic acids is 1. The van der Waals surface area contributed by atoms with Crippen molar-refractivity contribution in [2.45, 2.75) is 25.3 Å². The molecule has 1 atom stereocenters. The van der Waals surface area contributed by atoms with E-state index in [2.05, 4.69) is 17.1 Å². The first-order valence-corrected chi connectivity index (χ1v) is 7.69. The molecular weight excluding hydrogens is 292 g/mol. The third-order valence-corrected chi connectivity index (χ3v) is 4.18. The van der Waals surface area contributed by atoms with Crippen LogP contribution in [0.5, 0.6) is 0 Å². The number of amides is 1. The zero-order valence-corrected chi connectivity index (χ0v) is 12.7. The van der Waals surface area contributed by atoms with Crippen LogP contribution in [0.4, 0.5) is 0 Å². The second-order valence-electron chi connectivity index (χ2n) is 5.72. The lowest BCUT2D eigenvalue weighted by Crippen LogP contribution is -2.36. The highest BCUT2D eigenvalue weighted by Gasteiger charge is 2.29. The fraction of sp³-hybridized carbons (Fsp3) is 0.278. The molecule has 0 saturated carbocycles. The van der Waals surface area contributed by atoms with Crippen LogP contribution in [0, 0.1) is 0 Å². The molecule has 23 heavy (non-hydrogen) atoms. The van der Waals surface area contributed by atoms with Gasteiger partial charge >= 0.3 is 5.97 Å². The summed E-state index contributed by atoms with van der Waals surface area (Å²) < 4.78 is 0. The summed E-state index contributed by atoms with van der Waals surface area (Å²) in [6.45, 7) is 0.733. The van der Waals surface area contributed by atoms with E-state index in [0.29, 0.717) is 5.56 Å². The van der Waals surface area contributed by atoms with Crippen LogP contribution < -0.4 is 0 Å². The van der Waals surface area contributed by atoms with E-state index in [-0.39, 0.29) is 17.6 Å². The molecule has 5 nitrogen and oxygen atoms in total. The molecule has 2 aromatic rings. The molecule has 1 fully saturated rings. The molecule has 0 spiro atoms. The van der Waals surface area contributed by atoms with Gasteiger partial charge in [-0.25, -0.2) is 9.78 Å². The van der Waals surface area contributed by atoms with Crippen molar-refractivity contribution in [3.05, 3.63) is 65.5 Å². The lowest BCUT2D eigenvalue weighted by atomic mass is 10.0. The molecule has 5 heteroatoms. The molecule has 3 rings (SSSR count). The number of benzene rings is 1. The van der Waals surface area contributed by atoms with Crippen LogP contribution >= 0.6 is 0 Å². The zero-order chi connectivity index (χ0) is 16.2. The number of rotatable bonds is 4. The van der Waals surface area contributed by atoms with E-state index in [1.807, 2.05) is 23.1 Å². The van der Waals surface area contributed by atoms with Gasteiger partial charge in [0.15, 0.2) is 0 Å². The van der Waals surface area contributed by atoms with Crippen molar-refractivity contribution in [1.29, 1.82) is 0 Å². The Morgan fingerprint density at radius 3 is 2.61 bits per heavy atom. The number of carboxylic acids is 1. The van der Waals surface area contributed by atoms with Gasteiger partial charge in [0.25, 0.3) is 5.91 Å². The first-order valence-electron chi connectivity index (χ1n) is 7.69. The molecular formula is C18H18N2O3. The zero-order valence-electron chi connectivity index (χ0n) is 12.7. The van der Waals surface area contributed by atoms with Crippen molar-refractivity contribution in [2.75, 3.05) is 6.54 Å². The molecule has 1 saturated heterocycles. The minimum Gasteiger partial charge on any atom is -0.477 e. The lowest BCUT2D eigenvalue weighted by Gasteiger charge is -2.25. The second kappa shape index (κ2) is 6.60. The van der Waals surface area contributed by atoms with Gasteiger partial charge in [-0.15, -0.1) is 0 Å². The van der Waals surface area contributed by atoms with Gasteiger partial charge in [0.2, 0.25) is 0 Å². The summed E-state index contributed by atoms with van der Waals surface area (Å²) in [5.74, 6) is -1.17. The smallest absolute Gasteiger partial charge is 0.354 e. The molecule has 0 aliphatic carbocycles. The van der Waals surface area contributed by atoms with E-state index in [1.165, 1.54) is 23.9 Å². The highest BCUT2D eigenvalue weighted by molar-refractivity contribution is 5.95. The van der Waals surface area contributed by atoms with E-state index >= 15 is 0 Å². The molecule has 0 radical (unpaired) electrons. The van der Waals surface area contributed by atoms with Crippen molar-refractivity contribution < 1.29 is 14.7 Å². The Balaban J connectivity index is 1.74. The maximum Gasteiger partial charge on any atom is 0.354 e. The molecule has 1 aliphatic heterocycles. The second-order valence-corrected chi connectivity index (χ2v) is 5.72. The van der Waals surface area contributed by atoms with Crippen LogP contribution in [0.3, 0.4) is 0 Å². The Kier molecular flexibility index (Phi) is 4.37. The fourth-order valence-corrected chi connectivity index (χ4v) is 3.01. The first-order chi connectivity index (χ1) is 11.1. The summed E-state index contributed by atoms with van der Waals surface area (Å²) >= 11 is 0. The van der Waals surface area contributed by atoms with Crippen molar-refractivity contribution >= 4 is 11.9 Å². The molecule has 1 N–H and O–H groups in total. The van der Waals surface area contributed by atoms with Crippen LogP contribution in [0.25, 0.3) is 0 Å². The van der Waals surface area contributed by atoms with Crippen LogP contribution in [0.1, 0.15) is 39.3 Å². The molecule has 2 heterocycles. The predicted octanol–water partition coefficient (Wildman–Crippen LogP) is 2.63. The van der Waals surface area contributed by atoms with Crippen molar-refractivity contribution in [2.24, 2.45) is 0 Å². The van der Waals surface area contributed by atoms with Gasteiger partial charge < -0.3 is 10.0 Å². The Labute approximate surface area is 134 Å². The Morgan fingerprint density at radius 1 is 1.17 bits per heavy atom. The van der Waals surface area contributed by atoms with Gasteiger partial charge in [-0.3, -0.25) is 4.79 Å². The van der Waals surface area contributed by atoms with Crippen LogP contribution in [0.15, 0.2) is 48.7 Å². The standard InChI is InChI=1S/C18H18N2O3/c21-17(14-8-9-16(18(22)23)19-12-14)20-10-4-7-15(20)11-13-5-2-1-3-6-13/h1-3,5-6,8-9,12,15H,4,7,10-11H2,(H,22,23)/t15-/m1/s1. The van der Waals surface area contributed by atoms with Gasteiger partial charge in [0, 0.05) is 18.8 Å². The van der Waals surface area contributed by atoms with E-state index in [1.54, 1.807) is 0 Å². The first kappa shape index (κ1) is 15.2. The third-order valence-electron chi connectivity index (χ3n) is 4.18. The van der Waals surface area contributed by atoms with E-state index in [9.17, 15) is 9.59 Å². The molecule has 0 unspecified atom stereocenters. The normalized spacial score (nSPS) is 17.2. The summed E-state index contributed by atoms with van der Waals surface area (Å²) in [5, 5.41) is 8.87. The Hall–Kier alpha value is -2.69. The number of hydrogen-bond donors (Lipinski definition) is 1. The van der Waals surface area contributed by atoms with Gasteiger partial charge in [-0.2, -0.15) is 0 Å². The molecule has 1 amide bonds. The monoisotopic (exact) mass is 310 g/mol. The van der Waals surface area contributed by atoms with Crippen LogP contribution in [-0.4, -0.2) is 39.5 Å². The van der Waals surface area contributed by atoms with Gasteiger partial charge in [-0.1, -0.05) is 30.3 Å². The molecule has 118 valence electrons. The average molecular weight is 310 g/mol. The van der Waals surface area contributed by atoms with Gasteiger partial charge in [-0.05, 0) is 37.0 Å². The fourth-order valence-electron chi connectivity index (χ4n) is 3.01. The van der Waals surface area contributed by atoms with Crippen LogP contribution in [0.2, 0.25) is 0 Å². The maximum atomic E-state index is 12.7. The van der Waals surface area contributed by atoms with Crippen molar-refractivity contribution in [1.82, 2.24) is 9.88 Å². The number of likely N-dealkylation sites (tertiary alicyclic amines) is 1. The summed E-state index contributed by atoms with van der Waals surface area (Å²) in [6.07, 6.45) is 4.17. The molecule has 1 aromatic heterocycles. The predicted molar refractivity (Wildman–Crippen MR) is 85.4 cm³/mol. The SMILES string of the molecule is O=C(O)c1ccc(C(=O)N2CCC[C@@H]2Cc2ccccc2)cn1. The van der Waals surface area contributed by atoms with Crippen molar-refractivity contribution in [3.8, 4) is 0 Å². The highest BCUT2D eigenvalue weighted by atomic mass is 16.4. The maximum absolute atomic E-state index is 12.7. The average Bonchev–Trinajstić information content (AvgIpc) is 3.03. The minimum atomic E-state index is -1.09. The quantitative estimate of drug-likeness (QED) is 0.942. The number of carbonyl (C=O) groups excluding carboxylic acids is 1. The summed E-state index contributed by atoms with van der Waals surface area (Å²) in [5.41, 5.74) is 1.61. The Bertz CT molecular complexity index is 698. The lowest BCUT2D eigenvalue weighted by molar-refractivity contribution is 0.0685. The number of hydrogen-bond acceptors (Lipinski definition) is 3. The molecule has 0 bridgehead atoms. The van der Waals surface area contributed by atoms with Gasteiger partial charge in [0.1, 0.15) is 5.69 Å². The molecule has 1 aliphatic rings. The van der Waals surface area contributed by atoms with Gasteiger partial charge in [0.05, 0.1) is 5.56 Å². The topological polar surface area (TPSA) is 70.5 Å². The number of nitrogens with zero attached hydrogens (tertiary/aromatic N) is 2. The van der Waals surface area contributed by atoms with Crippen molar-refractivity contribution in [3.63, 3.8) is 0 Å². The summed E-state index contributed by atoms with van der Waals surface area (Å²) in [4.78, 5) is 29.2. The molecule has 1 aromatic carbocycles. The number of aromatic nitrogens is 1. The van der Waals surface area contributed by atoms with E-state index in [4.69, 9.17) is 5.11 Å². The minimum absolute atomic E-state index is 0.0520. The Morgan fingerprint density at radius 2 is 1.96 bits per heavy atom. The van der Waals surface area contributed by atoms with Crippen LogP contribution in [-0.2, 0) is 6.42 Å². The largest absolute Gasteiger partial charge is 0.477 e. The highest BCUT2D eigenvalue weighted by Crippen LogP contribution is 2.23. The van der Waals surface area contributed by atoms with E-state index < -0.39 is 5.97 Å². The summed E-state index contributed by atoms with van der Waals surface area (Å²) in [6, 6.07) is 13.2. The number of carbonyl (C=O) groups is 2. The summed E-state index contributed by atoms with van der Waals surface area (Å²) in [7, 11) is 0. The number of pyridine rings is 1.